The molecule has 3 rings (SSSR count). The van der Waals surface area contributed by atoms with Gasteiger partial charge in [0.2, 0.25) is 0 Å². The number of carbonyl (C=O) groups excluding carboxylic acids is 1. The molecule has 0 unspecified atom stereocenters. The molecule has 0 aromatic heterocycles. The standard InChI is InChI=1S/C22H24NO4S.3C4H9.Sn/c1-15-6-10-18(11-7-15)20-22(4,21(24)27-5)17(3)14-23(20)28(25,26)19-12-8-16(2)9-13-19;3*1-3-4-2;/h6-13,20H,3-4,14H2,1-2,5H3;3*1,3-4H2,2H3;/t20-,22+;;;;/m0..../s1. The molecule has 0 saturated carbocycles. The van der Waals surface area contributed by atoms with Crippen LogP contribution in [0, 0.1) is 19.3 Å². The SMILES string of the molecule is C=C1CN(S(=O)(=O)c2ccc(C)cc2)[C@@H](c2ccc(C)cc2)[C@]1([CH2][Sn]([CH2]CCC)([CH2]CCC)[CH2]CCC)C(=O)OC. The quantitative estimate of drug-likeness (QED) is 0.107. The summed E-state index contributed by atoms with van der Waals surface area (Å²) < 4.78 is 40.3. The topological polar surface area (TPSA) is 63.7 Å². The van der Waals surface area contributed by atoms with Gasteiger partial charge in [-0.2, -0.15) is 0 Å². The fourth-order valence-corrected chi connectivity index (χ4v) is 26.6. The second kappa shape index (κ2) is 14.7. The first-order chi connectivity index (χ1) is 19.5. The Hall–Kier alpha value is -1.64. The third-order valence-electron chi connectivity index (χ3n) is 9.14. The number of esters is 1. The van der Waals surface area contributed by atoms with E-state index >= 15 is 0 Å². The molecule has 226 valence electrons. The van der Waals surface area contributed by atoms with Crippen LogP contribution >= 0.6 is 0 Å². The van der Waals surface area contributed by atoms with Crippen LogP contribution in [0.15, 0.2) is 65.6 Å². The van der Waals surface area contributed by atoms with E-state index in [0.717, 1.165) is 59.7 Å². The molecule has 1 fully saturated rings. The summed E-state index contributed by atoms with van der Waals surface area (Å²) in [5.41, 5.74) is 2.49. The van der Waals surface area contributed by atoms with Crippen LogP contribution in [0.4, 0.5) is 0 Å². The summed E-state index contributed by atoms with van der Waals surface area (Å²) in [5, 5.41) is 0. The van der Waals surface area contributed by atoms with Crippen molar-refractivity contribution in [3.63, 3.8) is 0 Å². The predicted octanol–water partition coefficient (Wildman–Crippen LogP) is 8.61. The van der Waals surface area contributed by atoms with Crippen LogP contribution < -0.4 is 0 Å². The summed E-state index contributed by atoms with van der Waals surface area (Å²) in [4.78, 5) is 14.5. The molecule has 1 saturated heterocycles. The zero-order chi connectivity index (χ0) is 30.3. The van der Waals surface area contributed by atoms with E-state index < -0.39 is 39.9 Å². The van der Waals surface area contributed by atoms with E-state index in [2.05, 4.69) is 27.4 Å². The maximum atomic E-state index is 14.4. The van der Waals surface area contributed by atoms with Gasteiger partial charge in [0.25, 0.3) is 0 Å². The molecule has 0 spiro atoms. The molecule has 0 radical (unpaired) electrons. The average Bonchev–Trinajstić information content (AvgIpc) is 3.26. The minimum atomic E-state index is -3.93. The summed E-state index contributed by atoms with van der Waals surface area (Å²) >= 11 is -3.05. The summed E-state index contributed by atoms with van der Waals surface area (Å²) in [6, 6.07) is 14.3. The van der Waals surface area contributed by atoms with Crippen LogP contribution in [0.2, 0.25) is 17.7 Å². The summed E-state index contributed by atoms with van der Waals surface area (Å²) in [6.07, 6.45) is 6.85. The van der Waals surface area contributed by atoms with Crippen LogP contribution in [0.1, 0.15) is 82.0 Å². The molecule has 0 amide bonds. The van der Waals surface area contributed by atoms with Crippen LogP contribution in [-0.2, 0) is 19.6 Å². The van der Waals surface area contributed by atoms with Crippen molar-refractivity contribution in [1.82, 2.24) is 4.31 Å². The van der Waals surface area contributed by atoms with Crippen LogP contribution in [0.5, 0.6) is 0 Å². The van der Waals surface area contributed by atoms with E-state index in [4.69, 9.17) is 4.74 Å². The Kier molecular flexibility index (Phi) is 12.1. The van der Waals surface area contributed by atoms with E-state index in [9.17, 15) is 13.2 Å². The second-order valence-electron chi connectivity index (χ2n) is 12.2. The van der Waals surface area contributed by atoms with Gasteiger partial charge >= 0.3 is 255 Å². The number of hydrogen-bond donors (Lipinski definition) is 0. The summed E-state index contributed by atoms with van der Waals surface area (Å²) in [7, 11) is -2.48. The average molecular weight is 689 g/mol. The zero-order valence-corrected chi connectivity index (χ0v) is 29.8. The van der Waals surface area contributed by atoms with Gasteiger partial charge in [-0.15, -0.1) is 0 Å². The number of nitrogens with zero attached hydrogens (tertiary/aromatic N) is 1. The number of carbonyl (C=O) groups is 1. The molecule has 1 aliphatic heterocycles. The summed E-state index contributed by atoms with van der Waals surface area (Å²) in [5.74, 6) is -0.333. The molecule has 41 heavy (non-hydrogen) atoms. The first-order valence-electron chi connectivity index (χ1n) is 15.4. The Morgan fingerprint density at radius 2 is 1.37 bits per heavy atom. The Balaban J connectivity index is 2.30. The van der Waals surface area contributed by atoms with Crippen molar-refractivity contribution < 1.29 is 17.9 Å². The fourth-order valence-electron chi connectivity index (χ4n) is 6.75. The Morgan fingerprint density at radius 3 is 1.80 bits per heavy atom. The number of aryl methyl sites for hydroxylation is 2. The number of unbranched alkanes of at least 4 members (excludes halogenated alkanes) is 3. The third-order valence-corrected chi connectivity index (χ3v) is 26.8. The second-order valence-corrected chi connectivity index (χ2v) is 28.0. The van der Waals surface area contributed by atoms with Crippen LogP contribution in [-0.4, -0.2) is 50.7 Å². The molecule has 0 N–H and O–H groups in total. The third kappa shape index (κ3) is 7.30. The molecule has 0 bridgehead atoms. The molecule has 2 aromatic carbocycles. The normalized spacial score (nSPS) is 20.0. The van der Waals surface area contributed by atoms with Crippen molar-refractivity contribution in [2.75, 3.05) is 13.7 Å². The van der Waals surface area contributed by atoms with E-state index in [0.29, 0.717) is 5.57 Å². The van der Waals surface area contributed by atoms with Gasteiger partial charge in [0.1, 0.15) is 0 Å². The van der Waals surface area contributed by atoms with Crippen molar-refractivity contribution in [3.8, 4) is 0 Å². The van der Waals surface area contributed by atoms with Gasteiger partial charge in [0.15, 0.2) is 0 Å². The molecular formula is C34H51NO4SSn. The van der Waals surface area contributed by atoms with Crippen molar-refractivity contribution in [1.29, 1.82) is 0 Å². The molecule has 0 aliphatic carbocycles. The molecular weight excluding hydrogens is 637 g/mol. The monoisotopic (exact) mass is 689 g/mol. The molecule has 2 atom stereocenters. The molecule has 5 nitrogen and oxygen atoms in total. The Labute approximate surface area is 253 Å². The van der Waals surface area contributed by atoms with E-state index in [1.807, 2.05) is 50.2 Å². The number of sulfonamides is 1. The summed E-state index contributed by atoms with van der Waals surface area (Å²) in [6.45, 7) is 15.3. The van der Waals surface area contributed by atoms with E-state index in [1.165, 1.54) is 20.4 Å². The predicted molar refractivity (Wildman–Crippen MR) is 172 cm³/mol. The number of methoxy groups -OCH3 is 1. The number of hydrogen-bond acceptors (Lipinski definition) is 4. The molecule has 1 aliphatic rings. The Morgan fingerprint density at radius 1 is 0.902 bits per heavy atom. The fraction of sp³-hybridized carbons (Fsp3) is 0.559. The van der Waals surface area contributed by atoms with Crippen LogP contribution in [0.25, 0.3) is 0 Å². The van der Waals surface area contributed by atoms with Gasteiger partial charge in [-0.1, -0.05) is 0 Å². The number of benzene rings is 2. The molecule has 2 aromatic rings. The van der Waals surface area contributed by atoms with Gasteiger partial charge in [0, 0.05) is 0 Å². The maximum absolute atomic E-state index is 14.4. The van der Waals surface area contributed by atoms with E-state index in [-0.39, 0.29) is 17.4 Å². The number of ether oxygens (including phenoxy) is 1. The molecule has 1 heterocycles. The van der Waals surface area contributed by atoms with Gasteiger partial charge in [-0.3, -0.25) is 0 Å². The van der Waals surface area contributed by atoms with Gasteiger partial charge in [-0.25, -0.2) is 0 Å². The first-order valence-corrected chi connectivity index (χ1v) is 24.9. The first kappa shape index (κ1) is 33.9. The zero-order valence-electron chi connectivity index (χ0n) is 26.2. The number of rotatable bonds is 15. The van der Waals surface area contributed by atoms with Crippen molar-refractivity contribution in [3.05, 3.63) is 77.4 Å². The van der Waals surface area contributed by atoms with Gasteiger partial charge in [-0.05, 0) is 0 Å². The van der Waals surface area contributed by atoms with Crippen molar-refractivity contribution in [2.45, 2.75) is 102 Å². The van der Waals surface area contributed by atoms with E-state index in [1.54, 1.807) is 16.4 Å². The molecule has 7 heteroatoms. The van der Waals surface area contributed by atoms with Gasteiger partial charge in [0.05, 0.1) is 0 Å². The van der Waals surface area contributed by atoms with Gasteiger partial charge < -0.3 is 0 Å². The van der Waals surface area contributed by atoms with Crippen molar-refractivity contribution in [2.24, 2.45) is 5.41 Å². The Bertz CT molecular complexity index is 1250. The van der Waals surface area contributed by atoms with Crippen LogP contribution in [0.3, 0.4) is 0 Å². The minimum absolute atomic E-state index is 0.112. The van der Waals surface area contributed by atoms with Crippen molar-refractivity contribution >= 4 is 34.4 Å².